The second-order valence-electron chi connectivity index (χ2n) is 11.1. The van der Waals surface area contributed by atoms with Gasteiger partial charge in [0.05, 0.1) is 25.7 Å². The van der Waals surface area contributed by atoms with Gasteiger partial charge in [-0.2, -0.15) is 0 Å². The van der Waals surface area contributed by atoms with Crippen molar-refractivity contribution < 1.29 is 46.7 Å². The average molecular weight is 594 g/mol. The Kier molecular flexibility index (Phi) is 11.9. The number of para-hydroxylation sites is 3. The monoisotopic (exact) mass is 593 g/mol. The number of esters is 1. The number of ether oxygens (including phenoxy) is 3. The molecule has 2 rings (SSSR count). The highest BCUT2D eigenvalue weighted by Crippen LogP contribution is 2.54. The Hall–Kier alpha value is -3.40. The number of nitrogens with one attached hydrogen (secondary N) is 1. The highest BCUT2D eigenvalue weighted by molar-refractivity contribution is 7.49. The Bertz CT molecular complexity index is 1250. The molecule has 0 spiro atoms. The lowest BCUT2D eigenvalue weighted by Gasteiger charge is -2.28. The van der Waals surface area contributed by atoms with Gasteiger partial charge in [-0.25, -0.2) is 9.36 Å². The van der Waals surface area contributed by atoms with Gasteiger partial charge in [-0.05, 0) is 78.6 Å². The molecule has 2 aromatic carbocycles. The summed E-state index contributed by atoms with van der Waals surface area (Å²) >= 11 is 0. The number of amides is 1. The van der Waals surface area contributed by atoms with Gasteiger partial charge in [-0.1, -0.05) is 30.3 Å². The lowest BCUT2D eigenvalue weighted by Crippen LogP contribution is -2.45. The van der Waals surface area contributed by atoms with Gasteiger partial charge in [-0.15, -0.1) is 0 Å². The molecule has 2 aromatic rings. The van der Waals surface area contributed by atoms with E-state index in [4.69, 9.17) is 27.8 Å². The molecular formula is C29H40NO10P. The standard InChI is InChI=1S/C29H40NO10P/c1-20(31)22(30-27(33)38-28(2,3)4)19-36-41(34,40-29(5,6)7)39-25-16-12-11-15-24(25)37-26(32)18-17-21-13-9-10-14-23(21)35-8/h9-16,22H,17-19H2,1-8H3,(H,30,33)/t22-,41?/m0/s1. The summed E-state index contributed by atoms with van der Waals surface area (Å²) in [6.07, 6.45) is -0.436. The molecule has 0 radical (unpaired) electrons. The number of hydrogen-bond acceptors (Lipinski definition) is 10. The van der Waals surface area contributed by atoms with E-state index in [9.17, 15) is 18.9 Å². The summed E-state index contributed by atoms with van der Waals surface area (Å²) in [5.74, 6) is -0.453. The average Bonchev–Trinajstić information content (AvgIpc) is 2.84. The highest BCUT2D eigenvalue weighted by atomic mass is 31.2. The summed E-state index contributed by atoms with van der Waals surface area (Å²) in [7, 11) is -2.88. The van der Waals surface area contributed by atoms with Gasteiger partial charge in [0, 0.05) is 0 Å². The van der Waals surface area contributed by atoms with Gasteiger partial charge < -0.3 is 24.1 Å². The van der Waals surface area contributed by atoms with Crippen LogP contribution in [0.5, 0.6) is 17.2 Å². The van der Waals surface area contributed by atoms with Gasteiger partial charge in [-0.3, -0.25) is 18.6 Å². The molecule has 41 heavy (non-hydrogen) atoms. The van der Waals surface area contributed by atoms with Crippen LogP contribution in [0, 0.1) is 0 Å². The molecule has 0 saturated carbocycles. The fraction of sp³-hybridized carbons (Fsp3) is 0.483. The number of ketones is 1. The molecule has 12 heteroatoms. The van der Waals surface area contributed by atoms with Crippen LogP contribution in [-0.2, 0) is 34.4 Å². The maximum Gasteiger partial charge on any atom is 0.530 e. The minimum Gasteiger partial charge on any atom is -0.496 e. The molecule has 0 aliphatic carbocycles. The quantitative estimate of drug-likeness (QED) is 0.166. The summed E-state index contributed by atoms with van der Waals surface area (Å²) in [6.45, 7) is 10.6. The second-order valence-corrected chi connectivity index (χ2v) is 12.6. The van der Waals surface area contributed by atoms with Crippen LogP contribution in [0.4, 0.5) is 4.79 Å². The molecule has 0 aliphatic rings. The number of rotatable bonds is 13. The molecule has 11 nitrogen and oxygen atoms in total. The molecule has 1 N–H and O–H groups in total. The maximum absolute atomic E-state index is 13.8. The molecule has 1 amide bonds. The van der Waals surface area contributed by atoms with Crippen LogP contribution in [-0.4, -0.2) is 48.8 Å². The zero-order chi connectivity index (χ0) is 30.8. The van der Waals surface area contributed by atoms with Crippen molar-refractivity contribution in [2.45, 2.75) is 78.6 Å². The highest BCUT2D eigenvalue weighted by Gasteiger charge is 2.37. The summed E-state index contributed by atoms with van der Waals surface area (Å²) in [5, 5.41) is 2.40. The number of alkyl carbamates (subject to hydrolysis) is 1. The van der Waals surface area contributed by atoms with Crippen LogP contribution in [0.1, 0.15) is 60.5 Å². The largest absolute Gasteiger partial charge is 0.530 e. The molecule has 0 bridgehead atoms. The molecule has 0 saturated heterocycles. The number of benzene rings is 2. The van der Waals surface area contributed by atoms with Crippen molar-refractivity contribution in [3.63, 3.8) is 0 Å². The van der Waals surface area contributed by atoms with Crippen LogP contribution in [0.15, 0.2) is 48.5 Å². The van der Waals surface area contributed by atoms with Gasteiger partial charge in [0.1, 0.15) is 17.4 Å². The number of aryl methyl sites for hydroxylation is 1. The van der Waals surface area contributed by atoms with E-state index in [0.29, 0.717) is 12.2 Å². The molecular weight excluding hydrogens is 553 g/mol. The van der Waals surface area contributed by atoms with Crippen molar-refractivity contribution in [1.82, 2.24) is 5.32 Å². The van der Waals surface area contributed by atoms with E-state index in [-0.39, 0.29) is 17.9 Å². The van der Waals surface area contributed by atoms with Crippen molar-refractivity contribution in [3.8, 4) is 17.2 Å². The van der Waals surface area contributed by atoms with Crippen molar-refractivity contribution in [2.75, 3.05) is 13.7 Å². The SMILES string of the molecule is COc1ccccc1CCC(=O)Oc1ccccc1OP(=O)(OC[C@H](NC(=O)OC(C)(C)C)C(C)=O)OC(C)(C)C. The number of phosphoric acid groups is 1. The normalized spacial score (nSPS) is 13.9. The maximum atomic E-state index is 13.8. The number of Topliss-reactive ketones (excluding diaryl/α,β-unsaturated/α-hetero) is 1. The molecule has 2 atom stereocenters. The molecule has 0 aliphatic heterocycles. The second kappa shape index (κ2) is 14.5. The van der Waals surface area contributed by atoms with Gasteiger partial charge >= 0.3 is 19.9 Å². The number of phosphoric ester groups is 1. The Labute approximate surface area is 241 Å². The third-order valence-corrected chi connectivity index (χ3v) is 6.70. The van der Waals surface area contributed by atoms with E-state index in [2.05, 4.69) is 5.32 Å². The topological polar surface area (TPSA) is 136 Å². The van der Waals surface area contributed by atoms with Crippen molar-refractivity contribution in [1.29, 1.82) is 0 Å². The van der Waals surface area contributed by atoms with E-state index >= 15 is 0 Å². The third kappa shape index (κ3) is 12.3. The summed E-state index contributed by atoms with van der Waals surface area (Å²) < 4.78 is 46.7. The minimum absolute atomic E-state index is 0.00569. The molecule has 226 valence electrons. The lowest BCUT2D eigenvalue weighted by atomic mass is 10.1. The van der Waals surface area contributed by atoms with Crippen LogP contribution in [0.2, 0.25) is 0 Å². The van der Waals surface area contributed by atoms with E-state index in [1.165, 1.54) is 19.1 Å². The zero-order valence-corrected chi connectivity index (χ0v) is 25.7. The first kappa shape index (κ1) is 33.8. The fourth-order valence-corrected chi connectivity index (χ4v) is 4.87. The Balaban J connectivity index is 2.18. The molecule has 0 heterocycles. The fourth-order valence-electron chi connectivity index (χ4n) is 3.33. The number of carbonyl (C=O) groups excluding carboxylic acids is 3. The Morgan fingerprint density at radius 2 is 1.46 bits per heavy atom. The summed E-state index contributed by atoms with van der Waals surface area (Å²) in [5.41, 5.74) is -0.956. The predicted molar refractivity (Wildman–Crippen MR) is 152 cm³/mol. The predicted octanol–water partition coefficient (Wildman–Crippen LogP) is 6.03. The van der Waals surface area contributed by atoms with Crippen LogP contribution < -0.4 is 19.3 Å². The van der Waals surface area contributed by atoms with Gasteiger partial charge in [0.2, 0.25) is 0 Å². The van der Waals surface area contributed by atoms with E-state index < -0.39 is 49.5 Å². The summed E-state index contributed by atoms with van der Waals surface area (Å²) in [4.78, 5) is 37.1. The molecule has 1 unspecified atom stereocenters. The Morgan fingerprint density at radius 1 is 0.878 bits per heavy atom. The first-order chi connectivity index (χ1) is 19.0. The first-order valence-corrected chi connectivity index (χ1v) is 14.5. The number of carbonyl (C=O) groups is 3. The molecule has 0 aromatic heterocycles. The minimum atomic E-state index is -4.44. The van der Waals surface area contributed by atoms with Crippen molar-refractivity contribution in [2.24, 2.45) is 0 Å². The number of methoxy groups -OCH3 is 1. The Morgan fingerprint density at radius 3 is 2.02 bits per heavy atom. The van der Waals surface area contributed by atoms with Gasteiger partial charge in [0.15, 0.2) is 17.3 Å². The van der Waals surface area contributed by atoms with Crippen molar-refractivity contribution >= 4 is 25.7 Å². The van der Waals surface area contributed by atoms with Crippen LogP contribution in [0.3, 0.4) is 0 Å². The smallest absolute Gasteiger partial charge is 0.496 e. The van der Waals surface area contributed by atoms with Crippen LogP contribution in [0.25, 0.3) is 0 Å². The molecule has 0 fully saturated rings. The van der Waals surface area contributed by atoms with Crippen LogP contribution >= 0.6 is 7.82 Å². The third-order valence-electron chi connectivity index (χ3n) is 5.04. The van der Waals surface area contributed by atoms with E-state index in [1.807, 2.05) is 18.2 Å². The summed E-state index contributed by atoms with van der Waals surface area (Å²) in [6, 6.07) is 12.2. The van der Waals surface area contributed by atoms with E-state index in [1.54, 1.807) is 66.9 Å². The van der Waals surface area contributed by atoms with Crippen molar-refractivity contribution in [3.05, 3.63) is 54.1 Å². The zero-order valence-electron chi connectivity index (χ0n) is 24.8. The van der Waals surface area contributed by atoms with Gasteiger partial charge in [0.25, 0.3) is 0 Å². The first-order valence-electron chi connectivity index (χ1n) is 13.1. The number of hydrogen-bond donors (Lipinski definition) is 1. The van der Waals surface area contributed by atoms with E-state index in [0.717, 1.165) is 5.56 Å². The lowest BCUT2D eigenvalue weighted by molar-refractivity contribution is -0.134.